The molecule has 2 aliphatic rings. The van der Waals surface area contributed by atoms with E-state index in [2.05, 4.69) is 28.1 Å². The molecule has 1 aromatic rings. The molecule has 22 heavy (non-hydrogen) atoms. The van der Waals surface area contributed by atoms with Crippen molar-refractivity contribution in [2.24, 2.45) is 0 Å². The van der Waals surface area contributed by atoms with Gasteiger partial charge in [-0.2, -0.15) is 10.4 Å². The number of aryl methyl sites for hydroxylation is 1. The first-order chi connectivity index (χ1) is 10.5. The van der Waals surface area contributed by atoms with E-state index in [1.165, 1.54) is 0 Å². The number of anilines is 1. The molecule has 1 spiro atoms. The monoisotopic (exact) mass is 302 g/mol. The molecule has 0 aliphatic carbocycles. The fourth-order valence-electron chi connectivity index (χ4n) is 3.38. The van der Waals surface area contributed by atoms with Crippen LogP contribution >= 0.6 is 0 Å². The summed E-state index contributed by atoms with van der Waals surface area (Å²) in [5.74, 6) is 0.672. The molecule has 0 aromatic carbocycles. The van der Waals surface area contributed by atoms with Crippen molar-refractivity contribution in [2.75, 3.05) is 31.2 Å². The van der Waals surface area contributed by atoms with Crippen molar-refractivity contribution in [3.05, 3.63) is 16.8 Å². The van der Waals surface area contributed by atoms with Gasteiger partial charge in [-0.1, -0.05) is 0 Å². The summed E-state index contributed by atoms with van der Waals surface area (Å²) in [5.41, 5.74) is 2.04. The maximum atomic E-state index is 9.52. The molecule has 3 rings (SSSR count). The Morgan fingerprint density at radius 1 is 1.36 bits per heavy atom. The lowest BCUT2D eigenvalue weighted by Crippen LogP contribution is -2.59. The van der Waals surface area contributed by atoms with Crippen LogP contribution in [-0.2, 0) is 9.47 Å². The van der Waals surface area contributed by atoms with E-state index in [1.54, 1.807) is 0 Å². The third kappa shape index (κ3) is 2.67. The summed E-state index contributed by atoms with van der Waals surface area (Å²) in [6.07, 6.45) is 2.06. The predicted molar refractivity (Wildman–Crippen MR) is 81.8 cm³/mol. The second-order valence-electron chi connectivity index (χ2n) is 6.37. The summed E-state index contributed by atoms with van der Waals surface area (Å²) in [6, 6.07) is 2.29. The van der Waals surface area contributed by atoms with Gasteiger partial charge in [-0.25, -0.2) is 0 Å². The molecule has 2 atom stereocenters. The molecule has 118 valence electrons. The molecule has 0 bridgehead atoms. The molecule has 6 heteroatoms. The van der Waals surface area contributed by atoms with Crippen LogP contribution in [0.2, 0.25) is 0 Å². The SMILES string of the molecule is Cc1nnc(N2C[C@@H](C)O[C@]3(CCCOC3)C2)c(C#N)c1C. The molecule has 2 saturated heterocycles. The van der Waals surface area contributed by atoms with E-state index in [4.69, 9.17) is 9.47 Å². The van der Waals surface area contributed by atoms with Gasteiger partial charge in [-0.05, 0) is 39.2 Å². The number of nitriles is 1. The predicted octanol–water partition coefficient (Wildman–Crippen LogP) is 1.74. The van der Waals surface area contributed by atoms with E-state index in [0.29, 0.717) is 31.1 Å². The molecule has 0 radical (unpaired) electrons. The normalized spacial score (nSPS) is 28.6. The van der Waals surface area contributed by atoms with Crippen LogP contribution in [0.15, 0.2) is 0 Å². The smallest absolute Gasteiger partial charge is 0.169 e. The average Bonchev–Trinajstić information content (AvgIpc) is 2.49. The van der Waals surface area contributed by atoms with Crippen LogP contribution in [0.1, 0.15) is 36.6 Å². The minimum Gasteiger partial charge on any atom is -0.378 e. The highest BCUT2D eigenvalue weighted by Crippen LogP contribution is 2.33. The summed E-state index contributed by atoms with van der Waals surface area (Å²) < 4.78 is 11.8. The van der Waals surface area contributed by atoms with Gasteiger partial charge in [0.15, 0.2) is 5.82 Å². The highest BCUT2D eigenvalue weighted by atomic mass is 16.6. The Labute approximate surface area is 131 Å². The van der Waals surface area contributed by atoms with Crippen LogP contribution in [0, 0.1) is 25.2 Å². The second-order valence-corrected chi connectivity index (χ2v) is 6.37. The van der Waals surface area contributed by atoms with Gasteiger partial charge in [-0.3, -0.25) is 0 Å². The Morgan fingerprint density at radius 3 is 2.86 bits per heavy atom. The van der Waals surface area contributed by atoms with Crippen molar-refractivity contribution < 1.29 is 9.47 Å². The zero-order valence-corrected chi connectivity index (χ0v) is 13.4. The Morgan fingerprint density at radius 2 is 2.18 bits per heavy atom. The van der Waals surface area contributed by atoms with Crippen LogP contribution < -0.4 is 4.90 Å². The molecule has 2 aliphatic heterocycles. The van der Waals surface area contributed by atoms with E-state index in [1.807, 2.05) is 13.8 Å². The molecule has 0 amide bonds. The van der Waals surface area contributed by atoms with Gasteiger partial charge in [0.25, 0.3) is 0 Å². The van der Waals surface area contributed by atoms with Crippen molar-refractivity contribution in [1.29, 1.82) is 5.26 Å². The summed E-state index contributed by atoms with van der Waals surface area (Å²) in [7, 11) is 0. The average molecular weight is 302 g/mol. The quantitative estimate of drug-likeness (QED) is 0.787. The van der Waals surface area contributed by atoms with E-state index in [-0.39, 0.29) is 11.7 Å². The fourth-order valence-corrected chi connectivity index (χ4v) is 3.38. The van der Waals surface area contributed by atoms with Gasteiger partial charge in [0, 0.05) is 13.2 Å². The van der Waals surface area contributed by atoms with E-state index < -0.39 is 0 Å². The number of rotatable bonds is 1. The number of hydrogen-bond donors (Lipinski definition) is 0. The molecule has 3 heterocycles. The second kappa shape index (κ2) is 5.82. The topological polar surface area (TPSA) is 71.3 Å². The fraction of sp³-hybridized carbons (Fsp3) is 0.688. The van der Waals surface area contributed by atoms with Gasteiger partial charge in [0.2, 0.25) is 0 Å². The zero-order valence-electron chi connectivity index (χ0n) is 13.4. The van der Waals surface area contributed by atoms with Crippen LogP contribution in [0.3, 0.4) is 0 Å². The van der Waals surface area contributed by atoms with Gasteiger partial charge >= 0.3 is 0 Å². The first-order valence-corrected chi connectivity index (χ1v) is 7.79. The first kappa shape index (κ1) is 15.2. The Hall–Kier alpha value is -1.71. The third-order valence-electron chi connectivity index (χ3n) is 4.54. The van der Waals surface area contributed by atoms with E-state index in [0.717, 1.165) is 30.7 Å². The molecule has 1 aromatic heterocycles. The highest BCUT2D eigenvalue weighted by molar-refractivity contribution is 5.58. The highest BCUT2D eigenvalue weighted by Gasteiger charge is 2.42. The molecule has 0 N–H and O–H groups in total. The number of ether oxygens (including phenoxy) is 2. The Kier molecular flexibility index (Phi) is 4.02. The lowest BCUT2D eigenvalue weighted by Gasteiger charge is -2.47. The van der Waals surface area contributed by atoms with Crippen LogP contribution in [0.5, 0.6) is 0 Å². The number of nitrogens with zero attached hydrogens (tertiary/aromatic N) is 4. The minimum atomic E-state index is -0.289. The van der Waals surface area contributed by atoms with Gasteiger partial charge in [-0.15, -0.1) is 5.10 Å². The van der Waals surface area contributed by atoms with Crippen molar-refractivity contribution in [3.63, 3.8) is 0 Å². The molecule has 6 nitrogen and oxygen atoms in total. The van der Waals surface area contributed by atoms with E-state index >= 15 is 0 Å². The third-order valence-corrected chi connectivity index (χ3v) is 4.54. The standard InChI is InChI=1S/C16H22N4O2/c1-11-8-20(9-16(22-11)5-4-6-21-10-16)15-14(7-17)12(2)13(3)18-19-15/h11H,4-6,8-10H2,1-3H3/t11-,16-/m1/s1. The van der Waals surface area contributed by atoms with Crippen LogP contribution in [0.25, 0.3) is 0 Å². The van der Waals surface area contributed by atoms with Gasteiger partial charge in [0.1, 0.15) is 17.2 Å². The van der Waals surface area contributed by atoms with Crippen molar-refractivity contribution in [1.82, 2.24) is 10.2 Å². The van der Waals surface area contributed by atoms with Gasteiger partial charge < -0.3 is 14.4 Å². The summed E-state index contributed by atoms with van der Waals surface area (Å²) in [5, 5.41) is 18.0. The number of aromatic nitrogens is 2. The first-order valence-electron chi connectivity index (χ1n) is 7.79. The molecule has 0 unspecified atom stereocenters. The van der Waals surface area contributed by atoms with Crippen LogP contribution in [-0.4, -0.2) is 48.2 Å². The van der Waals surface area contributed by atoms with E-state index in [9.17, 15) is 5.26 Å². The summed E-state index contributed by atoms with van der Waals surface area (Å²) in [6.45, 7) is 8.68. The van der Waals surface area contributed by atoms with Crippen molar-refractivity contribution in [3.8, 4) is 6.07 Å². The Balaban J connectivity index is 1.94. The lowest BCUT2D eigenvalue weighted by molar-refractivity contribution is -0.160. The number of morpholine rings is 1. The Bertz CT molecular complexity index is 605. The molecular formula is C16H22N4O2. The van der Waals surface area contributed by atoms with Crippen LogP contribution in [0.4, 0.5) is 5.82 Å². The molecular weight excluding hydrogens is 280 g/mol. The number of hydrogen-bond acceptors (Lipinski definition) is 6. The summed E-state index contributed by atoms with van der Waals surface area (Å²) >= 11 is 0. The zero-order chi connectivity index (χ0) is 15.7. The maximum Gasteiger partial charge on any atom is 0.169 e. The maximum absolute atomic E-state index is 9.52. The minimum absolute atomic E-state index is 0.0744. The summed E-state index contributed by atoms with van der Waals surface area (Å²) in [4.78, 5) is 2.14. The van der Waals surface area contributed by atoms with Crippen molar-refractivity contribution >= 4 is 5.82 Å². The largest absolute Gasteiger partial charge is 0.378 e. The molecule has 0 saturated carbocycles. The van der Waals surface area contributed by atoms with Gasteiger partial charge in [0.05, 0.1) is 24.9 Å². The molecule has 2 fully saturated rings. The lowest BCUT2D eigenvalue weighted by atomic mass is 9.93. The van der Waals surface area contributed by atoms with Crippen molar-refractivity contribution in [2.45, 2.75) is 45.3 Å².